The van der Waals surface area contributed by atoms with Gasteiger partial charge in [-0.05, 0) is 6.42 Å². The minimum absolute atomic E-state index is 0.0175. The van der Waals surface area contributed by atoms with Gasteiger partial charge in [0.05, 0.1) is 5.60 Å². The zero-order valence-electron chi connectivity index (χ0n) is 8.58. The molecule has 0 radical (unpaired) electrons. The average Bonchev–Trinajstić information content (AvgIpc) is 2.36. The summed E-state index contributed by atoms with van der Waals surface area (Å²) in [6, 6.07) is 0. The first-order valence-electron chi connectivity index (χ1n) is 5.06. The van der Waals surface area contributed by atoms with E-state index in [-0.39, 0.29) is 18.0 Å². The second-order valence-corrected chi connectivity index (χ2v) is 4.01. The van der Waals surface area contributed by atoms with Crippen molar-refractivity contribution >= 4 is 0 Å². The molecule has 0 aromatic rings. The summed E-state index contributed by atoms with van der Waals surface area (Å²) >= 11 is 0. The summed E-state index contributed by atoms with van der Waals surface area (Å²) in [5.41, 5.74) is 0.0175. The van der Waals surface area contributed by atoms with Crippen molar-refractivity contribution in [1.29, 1.82) is 0 Å². The Balaban J connectivity index is 2.21. The van der Waals surface area contributed by atoms with Crippen LogP contribution in [0.4, 0.5) is 0 Å². The van der Waals surface area contributed by atoms with Gasteiger partial charge in [-0.25, -0.2) is 0 Å². The molecule has 0 aliphatic carbocycles. The van der Waals surface area contributed by atoms with Crippen molar-refractivity contribution in [2.75, 3.05) is 13.7 Å². The highest BCUT2D eigenvalue weighted by molar-refractivity contribution is 4.99. The predicted molar refractivity (Wildman–Crippen MR) is 48.4 cm³/mol. The lowest BCUT2D eigenvalue weighted by atomic mass is 9.81. The van der Waals surface area contributed by atoms with Crippen molar-refractivity contribution in [2.45, 2.75) is 44.7 Å². The van der Waals surface area contributed by atoms with Crippen LogP contribution in [0.5, 0.6) is 0 Å². The quantitative estimate of drug-likeness (QED) is 0.655. The van der Waals surface area contributed by atoms with Gasteiger partial charge in [0, 0.05) is 26.1 Å². The number of rotatable bonds is 2. The Morgan fingerprint density at radius 2 is 2.31 bits per heavy atom. The largest absolute Gasteiger partial charge is 0.372 e. The van der Waals surface area contributed by atoms with Crippen LogP contribution in [0.15, 0.2) is 0 Å². The van der Waals surface area contributed by atoms with Crippen LogP contribution in [-0.4, -0.2) is 31.7 Å². The SMILES string of the molecule is CC[C@@]12CCOC(C(OC)O1)[C@H]2C. The minimum Gasteiger partial charge on any atom is -0.372 e. The Kier molecular flexibility index (Phi) is 2.34. The van der Waals surface area contributed by atoms with Crippen LogP contribution in [0, 0.1) is 5.92 Å². The first-order chi connectivity index (χ1) is 6.23. The summed E-state index contributed by atoms with van der Waals surface area (Å²) in [5, 5.41) is 0. The van der Waals surface area contributed by atoms with E-state index < -0.39 is 0 Å². The molecule has 76 valence electrons. The van der Waals surface area contributed by atoms with Crippen molar-refractivity contribution in [3.05, 3.63) is 0 Å². The summed E-state index contributed by atoms with van der Waals surface area (Å²) < 4.78 is 16.9. The standard InChI is InChI=1S/C10H18O3/c1-4-10-5-6-12-8(7(10)2)9(11-3)13-10/h7-9H,4-6H2,1-3H3/t7-,8?,9?,10+/m1/s1. The van der Waals surface area contributed by atoms with Crippen LogP contribution in [-0.2, 0) is 14.2 Å². The highest BCUT2D eigenvalue weighted by Gasteiger charge is 2.55. The number of ether oxygens (including phenoxy) is 3. The zero-order valence-corrected chi connectivity index (χ0v) is 8.58. The van der Waals surface area contributed by atoms with Crippen LogP contribution >= 0.6 is 0 Å². The van der Waals surface area contributed by atoms with Crippen molar-refractivity contribution in [3.63, 3.8) is 0 Å². The Morgan fingerprint density at radius 1 is 1.54 bits per heavy atom. The van der Waals surface area contributed by atoms with Gasteiger partial charge in [0.25, 0.3) is 0 Å². The molecule has 2 rings (SSSR count). The van der Waals surface area contributed by atoms with E-state index >= 15 is 0 Å². The number of hydrogen-bond acceptors (Lipinski definition) is 3. The van der Waals surface area contributed by atoms with Crippen molar-refractivity contribution in [2.24, 2.45) is 5.92 Å². The molecule has 2 saturated heterocycles. The predicted octanol–water partition coefficient (Wildman–Crippen LogP) is 1.56. The number of methoxy groups -OCH3 is 1. The fraction of sp³-hybridized carbons (Fsp3) is 1.00. The second-order valence-electron chi connectivity index (χ2n) is 4.01. The van der Waals surface area contributed by atoms with E-state index in [1.54, 1.807) is 7.11 Å². The van der Waals surface area contributed by atoms with Crippen molar-refractivity contribution in [3.8, 4) is 0 Å². The topological polar surface area (TPSA) is 27.7 Å². The minimum atomic E-state index is -0.155. The van der Waals surface area contributed by atoms with Crippen LogP contribution in [0.3, 0.4) is 0 Å². The molecule has 2 heterocycles. The molecule has 0 saturated carbocycles. The van der Waals surface area contributed by atoms with E-state index in [9.17, 15) is 0 Å². The third kappa shape index (κ3) is 1.22. The molecular weight excluding hydrogens is 168 g/mol. The van der Waals surface area contributed by atoms with Crippen molar-refractivity contribution in [1.82, 2.24) is 0 Å². The molecule has 0 aromatic heterocycles. The second kappa shape index (κ2) is 3.23. The molecule has 0 aromatic carbocycles. The lowest BCUT2D eigenvalue weighted by Crippen LogP contribution is -2.42. The van der Waals surface area contributed by atoms with Crippen LogP contribution in [0.1, 0.15) is 26.7 Å². The Bertz CT molecular complexity index is 195. The van der Waals surface area contributed by atoms with Gasteiger partial charge in [0.1, 0.15) is 6.10 Å². The third-order valence-corrected chi connectivity index (χ3v) is 3.61. The average molecular weight is 186 g/mol. The van der Waals surface area contributed by atoms with Crippen LogP contribution in [0.2, 0.25) is 0 Å². The van der Waals surface area contributed by atoms with Gasteiger partial charge in [-0.2, -0.15) is 0 Å². The molecule has 13 heavy (non-hydrogen) atoms. The molecule has 3 nitrogen and oxygen atoms in total. The lowest BCUT2D eigenvalue weighted by molar-refractivity contribution is -0.165. The number of hydrogen-bond donors (Lipinski definition) is 0. The van der Waals surface area contributed by atoms with Gasteiger partial charge in [0.15, 0.2) is 6.29 Å². The van der Waals surface area contributed by atoms with E-state index in [1.165, 1.54) is 0 Å². The van der Waals surface area contributed by atoms with Gasteiger partial charge in [-0.15, -0.1) is 0 Å². The monoisotopic (exact) mass is 186 g/mol. The normalized spacial score (nSPS) is 49.6. The highest BCUT2D eigenvalue weighted by Crippen LogP contribution is 2.45. The lowest BCUT2D eigenvalue weighted by Gasteiger charge is -2.35. The van der Waals surface area contributed by atoms with E-state index in [0.29, 0.717) is 5.92 Å². The van der Waals surface area contributed by atoms with Crippen molar-refractivity contribution < 1.29 is 14.2 Å². The maximum atomic E-state index is 5.94. The molecule has 2 bridgehead atoms. The highest BCUT2D eigenvalue weighted by atomic mass is 16.7. The summed E-state index contributed by atoms with van der Waals surface area (Å²) in [4.78, 5) is 0. The van der Waals surface area contributed by atoms with E-state index in [4.69, 9.17) is 14.2 Å². The summed E-state index contributed by atoms with van der Waals surface area (Å²) in [5.74, 6) is 0.455. The molecule has 3 heteroatoms. The Labute approximate surface area is 79.4 Å². The number of fused-ring (bicyclic) bond motifs is 2. The Hall–Kier alpha value is -0.120. The Morgan fingerprint density at radius 3 is 2.85 bits per heavy atom. The summed E-state index contributed by atoms with van der Waals surface area (Å²) in [7, 11) is 1.69. The molecule has 2 aliphatic heterocycles. The first-order valence-corrected chi connectivity index (χ1v) is 5.06. The maximum absolute atomic E-state index is 5.94. The molecule has 0 N–H and O–H groups in total. The molecule has 0 spiro atoms. The van der Waals surface area contributed by atoms with Gasteiger partial charge >= 0.3 is 0 Å². The summed E-state index contributed by atoms with van der Waals surface area (Å²) in [6.45, 7) is 5.19. The van der Waals surface area contributed by atoms with Gasteiger partial charge in [-0.1, -0.05) is 13.8 Å². The van der Waals surface area contributed by atoms with E-state index in [2.05, 4.69) is 13.8 Å². The maximum Gasteiger partial charge on any atom is 0.184 e. The smallest absolute Gasteiger partial charge is 0.184 e. The van der Waals surface area contributed by atoms with E-state index in [1.807, 2.05) is 0 Å². The summed E-state index contributed by atoms with van der Waals surface area (Å²) in [6.07, 6.45) is 2.03. The van der Waals surface area contributed by atoms with Gasteiger partial charge < -0.3 is 14.2 Å². The molecular formula is C10H18O3. The first kappa shape index (κ1) is 9.44. The molecule has 4 atom stereocenters. The molecule has 0 amide bonds. The fourth-order valence-electron chi connectivity index (χ4n) is 2.58. The molecule has 2 aliphatic rings. The van der Waals surface area contributed by atoms with Gasteiger partial charge in [0.2, 0.25) is 0 Å². The molecule has 2 fully saturated rings. The third-order valence-electron chi connectivity index (χ3n) is 3.61. The van der Waals surface area contributed by atoms with E-state index in [0.717, 1.165) is 19.4 Å². The van der Waals surface area contributed by atoms with Crippen LogP contribution in [0.25, 0.3) is 0 Å². The zero-order chi connectivity index (χ0) is 9.47. The fourth-order valence-corrected chi connectivity index (χ4v) is 2.58. The molecule has 2 unspecified atom stereocenters. The van der Waals surface area contributed by atoms with Crippen LogP contribution < -0.4 is 0 Å². The van der Waals surface area contributed by atoms with Gasteiger partial charge in [-0.3, -0.25) is 0 Å².